The molecule has 0 saturated carbocycles. The van der Waals surface area contributed by atoms with Gasteiger partial charge in [0.15, 0.2) is 11.5 Å². The molecule has 3 aromatic rings. The van der Waals surface area contributed by atoms with Crippen molar-refractivity contribution in [2.45, 2.75) is 0 Å². The van der Waals surface area contributed by atoms with Crippen LogP contribution in [0.3, 0.4) is 0 Å². The molecule has 0 saturated heterocycles. The molecule has 0 aliphatic heterocycles. The molecule has 3 rings (SSSR count). The molecule has 0 aliphatic rings. The summed E-state index contributed by atoms with van der Waals surface area (Å²) >= 11 is 0. The number of hydrogen-bond donors (Lipinski definition) is 1. The number of nitrogens with zero attached hydrogens (tertiary/aromatic N) is 1. The minimum Gasteiger partial charge on any atom is -0.495 e. The molecule has 0 atom stereocenters. The van der Waals surface area contributed by atoms with Gasteiger partial charge in [0.1, 0.15) is 24.3 Å². The van der Waals surface area contributed by atoms with Crippen molar-refractivity contribution in [1.82, 2.24) is 5.16 Å². The zero-order valence-corrected chi connectivity index (χ0v) is 19.1. The number of ether oxygens (including phenoxy) is 6. The first-order valence-electron chi connectivity index (χ1n) is 9.92. The lowest BCUT2D eigenvalue weighted by molar-refractivity contribution is 0.107. The Morgan fingerprint density at radius 1 is 0.879 bits per heavy atom. The van der Waals surface area contributed by atoms with E-state index in [-0.39, 0.29) is 6.61 Å². The van der Waals surface area contributed by atoms with E-state index in [4.69, 9.17) is 32.9 Å². The first-order chi connectivity index (χ1) is 16.1. The number of hydrogen-bond acceptors (Lipinski definition) is 9. The molecule has 0 bridgehead atoms. The average molecular weight is 458 g/mol. The summed E-state index contributed by atoms with van der Waals surface area (Å²) in [6.45, 7) is 0.421. The van der Waals surface area contributed by atoms with Crippen LogP contribution in [0.15, 0.2) is 41.1 Å². The number of carbonyl (C=O) groups excluding carboxylic acids is 1. The third-order valence-electron chi connectivity index (χ3n) is 4.78. The van der Waals surface area contributed by atoms with Gasteiger partial charge in [-0.1, -0.05) is 11.2 Å². The highest BCUT2D eigenvalue weighted by Gasteiger charge is 2.20. The van der Waals surface area contributed by atoms with Crippen LogP contribution in [0.25, 0.3) is 22.4 Å². The van der Waals surface area contributed by atoms with Crippen LogP contribution < -0.4 is 24.3 Å². The highest BCUT2D eigenvalue weighted by molar-refractivity contribution is 5.90. The predicted octanol–water partition coefficient (Wildman–Crippen LogP) is 4.24. The van der Waals surface area contributed by atoms with Crippen LogP contribution in [-0.4, -0.2) is 60.0 Å². The summed E-state index contributed by atoms with van der Waals surface area (Å²) in [5, 5.41) is 6.85. The van der Waals surface area contributed by atoms with Gasteiger partial charge in [-0.25, -0.2) is 4.79 Å². The van der Waals surface area contributed by atoms with Crippen LogP contribution >= 0.6 is 0 Å². The number of anilines is 1. The molecule has 1 amide bonds. The normalized spacial score (nSPS) is 10.5. The zero-order valence-electron chi connectivity index (χ0n) is 19.1. The van der Waals surface area contributed by atoms with Gasteiger partial charge in [-0.05, 0) is 29.8 Å². The quantitative estimate of drug-likeness (QED) is 0.446. The molecule has 2 aromatic carbocycles. The molecule has 10 heteroatoms. The summed E-state index contributed by atoms with van der Waals surface area (Å²) in [5.74, 6) is 1.90. The van der Waals surface area contributed by atoms with E-state index in [2.05, 4.69) is 10.5 Å². The second kappa shape index (κ2) is 11.1. The van der Waals surface area contributed by atoms with Crippen molar-refractivity contribution in [3.8, 4) is 45.4 Å². The van der Waals surface area contributed by atoms with E-state index < -0.39 is 6.09 Å². The maximum absolute atomic E-state index is 12.1. The monoisotopic (exact) mass is 458 g/mol. The minimum absolute atomic E-state index is 0.126. The van der Waals surface area contributed by atoms with Crippen molar-refractivity contribution < 1.29 is 37.7 Å². The smallest absolute Gasteiger partial charge is 0.411 e. The predicted molar refractivity (Wildman–Crippen MR) is 120 cm³/mol. The van der Waals surface area contributed by atoms with Gasteiger partial charge in [0.25, 0.3) is 0 Å². The summed E-state index contributed by atoms with van der Waals surface area (Å²) in [7, 11) is 7.65. The van der Waals surface area contributed by atoms with Crippen molar-refractivity contribution in [2.24, 2.45) is 0 Å². The molecule has 1 aromatic heterocycles. The number of aromatic nitrogens is 1. The number of carbonyl (C=O) groups is 1. The molecule has 0 radical (unpaired) electrons. The highest BCUT2D eigenvalue weighted by atomic mass is 16.6. The van der Waals surface area contributed by atoms with Gasteiger partial charge in [0.05, 0.1) is 40.7 Å². The van der Waals surface area contributed by atoms with Gasteiger partial charge in [0.2, 0.25) is 5.75 Å². The topological polar surface area (TPSA) is 111 Å². The van der Waals surface area contributed by atoms with E-state index in [1.165, 1.54) is 41.8 Å². The highest BCUT2D eigenvalue weighted by Crippen LogP contribution is 2.43. The first-order valence-corrected chi connectivity index (χ1v) is 9.92. The number of amides is 1. The standard InChI is InChI=1S/C23H26N2O8/c1-27-8-9-32-23(26)24-17-10-14(6-7-18(17)28-2)16-13-33-25-21(16)15-11-19(29-3)22(31-5)20(12-15)30-4/h6-7,10-13H,8-9H2,1-5H3,(H,24,26). The molecule has 0 fully saturated rings. The van der Waals surface area contributed by atoms with Crippen molar-refractivity contribution in [2.75, 3.05) is 54.1 Å². The van der Waals surface area contributed by atoms with Crippen molar-refractivity contribution in [1.29, 1.82) is 0 Å². The largest absolute Gasteiger partial charge is 0.495 e. The molecule has 0 unspecified atom stereocenters. The Hall–Kier alpha value is -3.92. The number of methoxy groups -OCH3 is 5. The summed E-state index contributed by atoms with van der Waals surface area (Å²) in [4.78, 5) is 12.1. The van der Waals surface area contributed by atoms with E-state index in [1.54, 1.807) is 24.3 Å². The van der Waals surface area contributed by atoms with E-state index in [0.29, 0.717) is 52.1 Å². The minimum atomic E-state index is -0.627. The van der Waals surface area contributed by atoms with Gasteiger partial charge in [0, 0.05) is 18.2 Å². The van der Waals surface area contributed by atoms with Crippen LogP contribution in [0.1, 0.15) is 0 Å². The molecule has 0 spiro atoms. The summed E-state index contributed by atoms with van der Waals surface area (Å²) in [6.07, 6.45) is 0.888. The maximum atomic E-state index is 12.1. The van der Waals surface area contributed by atoms with E-state index in [9.17, 15) is 4.79 Å². The molecular formula is C23H26N2O8. The van der Waals surface area contributed by atoms with Gasteiger partial charge >= 0.3 is 6.09 Å². The zero-order chi connectivity index (χ0) is 23.8. The second-order valence-corrected chi connectivity index (χ2v) is 6.66. The SMILES string of the molecule is COCCOC(=O)Nc1cc(-c2conc2-c2cc(OC)c(OC)c(OC)c2)ccc1OC. The lowest BCUT2D eigenvalue weighted by Gasteiger charge is -2.14. The Balaban J connectivity index is 1.99. The maximum Gasteiger partial charge on any atom is 0.411 e. The molecule has 0 aliphatic carbocycles. The van der Waals surface area contributed by atoms with Crippen molar-refractivity contribution >= 4 is 11.8 Å². The molecule has 176 valence electrons. The van der Waals surface area contributed by atoms with Gasteiger partial charge in [-0.15, -0.1) is 0 Å². The lowest BCUT2D eigenvalue weighted by atomic mass is 10.0. The van der Waals surface area contributed by atoms with Crippen LogP contribution in [0.2, 0.25) is 0 Å². The fraction of sp³-hybridized carbons (Fsp3) is 0.304. The molecule has 10 nitrogen and oxygen atoms in total. The van der Waals surface area contributed by atoms with Crippen LogP contribution in [0.4, 0.5) is 10.5 Å². The number of benzene rings is 2. The fourth-order valence-corrected chi connectivity index (χ4v) is 3.20. The molecular weight excluding hydrogens is 432 g/mol. The Morgan fingerprint density at radius 3 is 2.18 bits per heavy atom. The van der Waals surface area contributed by atoms with Gasteiger partial charge < -0.3 is 32.9 Å². The third kappa shape index (κ3) is 5.29. The summed E-state index contributed by atoms with van der Waals surface area (Å²) in [6, 6.07) is 8.85. The Labute approximate surface area is 191 Å². The van der Waals surface area contributed by atoms with E-state index in [0.717, 1.165) is 5.56 Å². The van der Waals surface area contributed by atoms with E-state index in [1.807, 2.05) is 6.07 Å². The number of nitrogens with one attached hydrogen (secondary N) is 1. The molecule has 33 heavy (non-hydrogen) atoms. The first kappa shape index (κ1) is 23.7. The second-order valence-electron chi connectivity index (χ2n) is 6.66. The van der Waals surface area contributed by atoms with E-state index >= 15 is 0 Å². The van der Waals surface area contributed by atoms with Crippen molar-refractivity contribution in [3.63, 3.8) is 0 Å². The molecule has 1 N–H and O–H groups in total. The van der Waals surface area contributed by atoms with Crippen LogP contribution in [-0.2, 0) is 9.47 Å². The van der Waals surface area contributed by atoms with Crippen LogP contribution in [0, 0.1) is 0 Å². The summed E-state index contributed by atoms with van der Waals surface area (Å²) in [5.41, 5.74) is 3.08. The lowest BCUT2D eigenvalue weighted by Crippen LogP contribution is -2.16. The van der Waals surface area contributed by atoms with Crippen LogP contribution in [0.5, 0.6) is 23.0 Å². The Morgan fingerprint density at radius 2 is 1.58 bits per heavy atom. The number of rotatable bonds is 10. The van der Waals surface area contributed by atoms with Gasteiger partial charge in [-0.2, -0.15) is 0 Å². The molecule has 1 heterocycles. The Bertz CT molecular complexity index is 1070. The third-order valence-corrected chi connectivity index (χ3v) is 4.78. The average Bonchev–Trinajstić information content (AvgIpc) is 3.33. The van der Waals surface area contributed by atoms with Gasteiger partial charge in [-0.3, -0.25) is 5.32 Å². The summed E-state index contributed by atoms with van der Waals surface area (Å²) < 4.78 is 36.9. The Kier molecular flexibility index (Phi) is 7.98. The fourth-order valence-electron chi connectivity index (χ4n) is 3.20. The van der Waals surface area contributed by atoms with Crippen molar-refractivity contribution in [3.05, 3.63) is 36.6 Å².